The minimum atomic E-state index is -0.434. The van der Waals surface area contributed by atoms with Crippen molar-refractivity contribution in [3.8, 4) is 17.1 Å². The molecule has 0 aliphatic carbocycles. The molecule has 0 unspecified atom stereocenters. The molecule has 0 atom stereocenters. The number of benzene rings is 1. The van der Waals surface area contributed by atoms with Crippen LogP contribution in [0.3, 0.4) is 0 Å². The zero-order valence-electron chi connectivity index (χ0n) is 13.7. The Labute approximate surface area is 144 Å². The summed E-state index contributed by atoms with van der Waals surface area (Å²) in [6, 6.07) is 16.2. The highest BCUT2D eigenvalue weighted by atomic mass is 16.5. The minimum Gasteiger partial charge on any atom is -0.481 e. The summed E-state index contributed by atoms with van der Waals surface area (Å²) in [5.74, 6) is 0.0692. The van der Waals surface area contributed by atoms with Crippen LogP contribution in [0.5, 0.6) is 5.88 Å². The van der Waals surface area contributed by atoms with E-state index in [1.54, 1.807) is 24.4 Å². The van der Waals surface area contributed by atoms with E-state index < -0.39 is 11.5 Å². The molecule has 3 rings (SSSR count). The van der Waals surface area contributed by atoms with Gasteiger partial charge in [-0.2, -0.15) is 0 Å². The van der Waals surface area contributed by atoms with Gasteiger partial charge in [-0.05, 0) is 23.3 Å². The van der Waals surface area contributed by atoms with Gasteiger partial charge < -0.3 is 15.0 Å². The molecule has 0 radical (unpaired) electrons. The molecule has 2 heterocycles. The van der Waals surface area contributed by atoms with E-state index in [2.05, 4.69) is 15.3 Å². The first-order chi connectivity index (χ1) is 12.2. The van der Waals surface area contributed by atoms with Crippen LogP contribution in [-0.4, -0.2) is 23.0 Å². The summed E-state index contributed by atoms with van der Waals surface area (Å²) in [7, 11) is 1.54. The number of pyridine rings is 2. The van der Waals surface area contributed by atoms with Gasteiger partial charge in [0.2, 0.25) is 5.88 Å². The first-order valence-electron chi connectivity index (χ1n) is 7.73. The maximum Gasteiger partial charge on any atom is 0.261 e. The van der Waals surface area contributed by atoms with Crippen molar-refractivity contribution in [1.82, 2.24) is 15.3 Å². The number of ether oxygens (including phenoxy) is 1. The average molecular weight is 335 g/mol. The van der Waals surface area contributed by atoms with Crippen LogP contribution >= 0.6 is 0 Å². The van der Waals surface area contributed by atoms with Crippen molar-refractivity contribution in [3.05, 3.63) is 82.3 Å². The van der Waals surface area contributed by atoms with Gasteiger partial charge in [-0.25, -0.2) is 4.98 Å². The van der Waals surface area contributed by atoms with Crippen LogP contribution in [0.2, 0.25) is 0 Å². The molecule has 1 aromatic carbocycles. The smallest absolute Gasteiger partial charge is 0.261 e. The first-order valence-corrected chi connectivity index (χ1v) is 7.73. The van der Waals surface area contributed by atoms with Crippen molar-refractivity contribution in [1.29, 1.82) is 0 Å². The van der Waals surface area contributed by atoms with Gasteiger partial charge in [0, 0.05) is 24.5 Å². The Hall–Kier alpha value is -3.41. The molecule has 0 fully saturated rings. The van der Waals surface area contributed by atoms with Crippen LogP contribution in [0.4, 0.5) is 0 Å². The summed E-state index contributed by atoms with van der Waals surface area (Å²) < 4.78 is 4.98. The molecule has 25 heavy (non-hydrogen) atoms. The van der Waals surface area contributed by atoms with E-state index >= 15 is 0 Å². The van der Waals surface area contributed by atoms with Crippen molar-refractivity contribution in [3.63, 3.8) is 0 Å². The molecule has 0 saturated heterocycles. The number of hydrogen-bond acceptors (Lipinski definition) is 4. The number of hydrogen-bond donors (Lipinski definition) is 2. The molecule has 1 amide bonds. The van der Waals surface area contributed by atoms with Gasteiger partial charge in [-0.1, -0.05) is 36.4 Å². The quantitative estimate of drug-likeness (QED) is 0.750. The maximum atomic E-state index is 12.2. The Kier molecular flexibility index (Phi) is 4.89. The summed E-state index contributed by atoms with van der Waals surface area (Å²) in [4.78, 5) is 31.2. The number of rotatable bonds is 5. The van der Waals surface area contributed by atoms with Crippen LogP contribution in [0, 0.1) is 0 Å². The van der Waals surface area contributed by atoms with E-state index in [0.29, 0.717) is 11.6 Å². The Balaban J connectivity index is 1.70. The zero-order valence-corrected chi connectivity index (χ0v) is 13.7. The topological polar surface area (TPSA) is 84.1 Å². The maximum absolute atomic E-state index is 12.2. The molecule has 0 bridgehead atoms. The van der Waals surface area contributed by atoms with Crippen molar-refractivity contribution in [2.45, 2.75) is 6.54 Å². The fourth-order valence-corrected chi connectivity index (χ4v) is 2.35. The molecular weight excluding hydrogens is 318 g/mol. The fourth-order valence-electron chi connectivity index (χ4n) is 2.35. The Morgan fingerprint density at radius 2 is 1.92 bits per heavy atom. The Morgan fingerprint density at radius 1 is 1.12 bits per heavy atom. The third-order valence-electron chi connectivity index (χ3n) is 3.70. The fraction of sp³-hybridized carbons (Fsp3) is 0.105. The highest BCUT2D eigenvalue weighted by molar-refractivity contribution is 5.94. The highest BCUT2D eigenvalue weighted by Crippen LogP contribution is 2.14. The average Bonchev–Trinajstić information content (AvgIpc) is 2.67. The van der Waals surface area contributed by atoms with Gasteiger partial charge in [0.25, 0.3) is 11.5 Å². The second-order valence-corrected chi connectivity index (χ2v) is 5.37. The predicted molar refractivity (Wildman–Crippen MR) is 94.5 cm³/mol. The van der Waals surface area contributed by atoms with Gasteiger partial charge in [0.15, 0.2) is 0 Å². The summed E-state index contributed by atoms with van der Waals surface area (Å²) in [6.07, 6.45) is 1.61. The number of carbonyl (C=O) groups excluding carboxylic acids is 1. The SMILES string of the molecule is COc1ccc(CNC(=O)c2ccc(-c3ccccc3)[nH]c2=O)cn1. The van der Waals surface area contributed by atoms with E-state index in [4.69, 9.17) is 4.74 Å². The summed E-state index contributed by atoms with van der Waals surface area (Å²) in [6.45, 7) is 0.274. The van der Waals surface area contributed by atoms with Crippen LogP contribution in [0.1, 0.15) is 15.9 Å². The Morgan fingerprint density at radius 3 is 2.56 bits per heavy atom. The third kappa shape index (κ3) is 3.92. The zero-order chi connectivity index (χ0) is 17.6. The molecule has 0 aliphatic heterocycles. The van der Waals surface area contributed by atoms with Gasteiger partial charge in [0.05, 0.1) is 7.11 Å². The van der Waals surface area contributed by atoms with E-state index in [9.17, 15) is 9.59 Å². The standard InChI is InChI=1S/C19H17N3O3/c1-25-17-10-7-13(11-20-17)12-21-18(23)15-8-9-16(22-19(15)24)14-5-3-2-4-6-14/h2-11H,12H2,1H3,(H,21,23)(H,22,24). The van der Waals surface area contributed by atoms with Crippen LogP contribution < -0.4 is 15.6 Å². The first kappa shape index (κ1) is 16.4. The lowest BCUT2D eigenvalue weighted by atomic mass is 10.1. The van der Waals surface area contributed by atoms with Gasteiger partial charge in [-0.15, -0.1) is 0 Å². The number of aromatic amines is 1. The van der Waals surface area contributed by atoms with Crippen LogP contribution in [-0.2, 0) is 6.54 Å². The van der Waals surface area contributed by atoms with Gasteiger partial charge >= 0.3 is 0 Å². The highest BCUT2D eigenvalue weighted by Gasteiger charge is 2.11. The van der Waals surface area contributed by atoms with Crippen LogP contribution in [0.25, 0.3) is 11.3 Å². The molecule has 6 nitrogen and oxygen atoms in total. The van der Waals surface area contributed by atoms with Crippen molar-refractivity contribution >= 4 is 5.91 Å². The lowest BCUT2D eigenvalue weighted by Crippen LogP contribution is -2.29. The second-order valence-electron chi connectivity index (χ2n) is 5.37. The summed E-state index contributed by atoms with van der Waals surface area (Å²) in [5.41, 5.74) is 2.01. The van der Waals surface area contributed by atoms with Crippen LogP contribution in [0.15, 0.2) is 65.6 Å². The van der Waals surface area contributed by atoms with Crippen molar-refractivity contribution in [2.24, 2.45) is 0 Å². The predicted octanol–water partition coefficient (Wildman–Crippen LogP) is 2.38. The van der Waals surface area contributed by atoms with Gasteiger partial charge in [0.1, 0.15) is 5.56 Å². The molecule has 126 valence electrons. The number of carbonyl (C=O) groups is 1. The third-order valence-corrected chi connectivity index (χ3v) is 3.70. The molecule has 0 saturated carbocycles. The second kappa shape index (κ2) is 7.44. The molecule has 0 aliphatic rings. The summed E-state index contributed by atoms with van der Waals surface area (Å²) in [5, 5.41) is 2.71. The Bertz CT molecular complexity index is 919. The van der Waals surface area contributed by atoms with E-state index in [0.717, 1.165) is 11.1 Å². The molecule has 0 spiro atoms. The monoisotopic (exact) mass is 335 g/mol. The van der Waals surface area contributed by atoms with Crippen molar-refractivity contribution in [2.75, 3.05) is 7.11 Å². The minimum absolute atomic E-state index is 0.0705. The normalized spacial score (nSPS) is 10.3. The van der Waals surface area contributed by atoms with E-state index in [-0.39, 0.29) is 12.1 Å². The number of nitrogens with zero attached hydrogens (tertiary/aromatic N) is 1. The molecule has 6 heteroatoms. The molecular formula is C19H17N3O3. The van der Waals surface area contributed by atoms with E-state index in [1.165, 1.54) is 13.2 Å². The largest absolute Gasteiger partial charge is 0.481 e. The van der Waals surface area contributed by atoms with Gasteiger partial charge in [-0.3, -0.25) is 9.59 Å². The number of H-pyrrole nitrogens is 1. The number of nitrogens with one attached hydrogen (secondary N) is 2. The number of methoxy groups -OCH3 is 1. The number of aromatic nitrogens is 2. The molecule has 2 aromatic heterocycles. The lowest BCUT2D eigenvalue weighted by molar-refractivity contribution is 0.0949. The molecule has 2 N–H and O–H groups in total. The lowest BCUT2D eigenvalue weighted by Gasteiger charge is -2.07. The number of amides is 1. The van der Waals surface area contributed by atoms with Crippen molar-refractivity contribution < 1.29 is 9.53 Å². The van der Waals surface area contributed by atoms with E-state index in [1.807, 2.05) is 30.3 Å². The molecule has 3 aromatic rings. The summed E-state index contributed by atoms with van der Waals surface area (Å²) >= 11 is 0.